The molecular formula is C45H63N3O3. The zero-order valence-electron chi connectivity index (χ0n) is 31.9. The molecule has 51 heavy (non-hydrogen) atoms. The SMILES string of the molecule is CCCCC#CC#CC(CCCCCCCCN=C=O)(C(CCCCC)CCCCCCNC(=O)OCC)n1c2ccccc2c2ccccc21. The number of fused-ring (bicyclic) bond motifs is 3. The van der Waals surface area contributed by atoms with Crippen LogP contribution in [-0.2, 0) is 15.1 Å². The molecule has 0 saturated carbocycles. The Morgan fingerprint density at radius 2 is 1.37 bits per heavy atom. The van der Waals surface area contributed by atoms with Crippen LogP contribution in [0.25, 0.3) is 21.8 Å². The molecule has 1 amide bonds. The van der Waals surface area contributed by atoms with Gasteiger partial charge in [0.2, 0.25) is 6.08 Å². The molecule has 1 heterocycles. The molecule has 0 spiro atoms. The predicted molar refractivity (Wildman–Crippen MR) is 214 cm³/mol. The molecule has 0 radical (unpaired) electrons. The van der Waals surface area contributed by atoms with E-state index in [1.807, 2.05) is 6.92 Å². The van der Waals surface area contributed by atoms with Gasteiger partial charge in [-0.3, -0.25) is 0 Å². The van der Waals surface area contributed by atoms with Crippen LogP contribution in [0.1, 0.15) is 143 Å². The highest BCUT2D eigenvalue weighted by Gasteiger charge is 2.40. The van der Waals surface area contributed by atoms with Crippen molar-refractivity contribution in [3.8, 4) is 23.7 Å². The summed E-state index contributed by atoms with van der Waals surface area (Å²) in [4.78, 5) is 25.9. The van der Waals surface area contributed by atoms with E-state index in [1.165, 1.54) is 47.5 Å². The molecule has 6 nitrogen and oxygen atoms in total. The van der Waals surface area contributed by atoms with Gasteiger partial charge in [-0.05, 0) is 75.3 Å². The van der Waals surface area contributed by atoms with Crippen LogP contribution in [-0.4, -0.2) is 36.4 Å². The zero-order valence-corrected chi connectivity index (χ0v) is 31.9. The van der Waals surface area contributed by atoms with Crippen molar-refractivity contribution in [1.82, 2.24) is 9.88 Å². The van der Waals surface area contributed by atoms with E-state index in [2.05, 4.69) is 101 Å². The molecule has 0 saturated heterocycles. The van der Waals surface area contributed by atoms with Gasteiger partial charge in [-0.1, -0.05) is 139 Å². The van der Waals surface area contributed by atoms with E-state index >= 15 is 0 Å². The van der Waals surface area contributed by atoms with Crippen LogP contribution in [0.3, 0.4) is 0 Å². The maximum Gasteiger partial charge on any atom is 0.407 e. The number of aromatic nitrogens is 1. The number of isocyanates is 1. The molecule has 0 aliphatic heterocycles. The van der Waals surface area contributed by atoms with E-state index in [-0.39, 0.29) is 6.09 Å². The van der Waals surface area contributed by atoms with E-state index in [1.54, 1.807) is 6.08 Å². The molecule has 2 atom stereocenters. The number of amides is 1. The lowest BCUT2D eigenvalue weighted by Gasteiger charge is -2.40. The number of rotatable bonds is 25. The molecule has 0 fully saturated rings. The summed E-state index contributed by atoms with van der Waals surface area (Å²) in [6, 6.07) is 17.8. The van der Waals surface area contributed by atoms with Crippen molar-refractivity contribution < 1.29 is 14.3 Å². The van der Waals surface area contributed by atoms with Crippen molar-refractivity contribution in [3.63, 3.8) is 0 Å². The molecule has 0 bridgehead atoms. The molecule has 3 rings (SSSR count). The number of hydrogen-bond donors (Lipinski definition) is 1. The average molecular weight is 694 g/mol. The third-order valence-corrected chi connectivity index (χ3v) is 10.1. The third-order valence-electron chi connectivity index (χ3n) is 10.1. The Balaban J connectivity index is 2.02. The van der Waals surface area contributed by atoms with E-state index < -0.39 is 5.54 Å². The van der Waals surface area contributed by atoms with Crippen molar-refractivity contribution in [1.29, 1.82) is 0 Å². The second kappa shape index (κ2) is 25.0. The van der Waals surface area contributed by atoms with Crippen LogP contribution in [0.4, 0.5) is 4.79 Å². The number of unbranched alkanes of at least 4 members (excludes halogenated alkanes) is 12. The second-order valence-corrected chi connectivity index (χ2v) is 13.8. The Morgan fingerprint density at radius 1 is 0.765 bits per heavy atom. The Labute approximate surface area is 308 Å². The van der Waals surface area contributed by atoms with Gasteiger partial charge in [0.15, 0.2) is 0 Å². The van der Waals surface area contributed by atoms with Crippen LogP contribution in [0.15, 0.2) is 53.5 Å². The molecule has 0 aliphatic carbocycles. The Morgan fingerprint density at radius 3 is 2.04 bits per heavy atom. The van der Waals surface area contributed by atoms with E-state index in [0.29, 0.717) is 25.6 Å². The van der Waals surface area contributed by atoms with Crippen LogP contribution in [0, 0.1) is 29.6 Å². The summed E-state index contributed by atoms with van der Waals surface area (Å²) in [5.74, 6) is 14.5. The molecule has 1 N–H and O–H groups in total. The van der Waals surface area contributed by atoms with Gasteiger partial charge in [0, 0.05) is 23.7 Å². The Hall–Kier alpha value is -3.99. The maximum absolute atomic E-state index is 11.7. The first kappa shape index (κ1) is 41.4. The lowest BCUT2D eigenvalue weighted by molar-refractivity contribution is 0.152. The second-order valence-electron chi connectivity index (χ2n) is 13.8. The summed E-state index contributed by atoms with van der Waals surface area (Å²) >= 11 is 0. The molecule has 276 valence electrons. The minimum atomic E-state index is -0.403. The predicted octanol–water partition coefficient (Wildman–Crippen LogP) is 11.6. The maximum atomic E-state index is 11.7. The normalized spacial score (nSPS) is 12.6. The van der Waals surface area contributed by atoms with E-state index in [4.69, 9.17) is 4.74 Å². The van der Waals surface area contributed by atoms with Crippen molar-refractivity contribution in [2.75, 3.05) is 19.7 Å². The number of carbonyl (C=O) groups excluding carboxylic acids is 2. The number of hydrogen-bond acceptors (Lipinski definition) is 4. The van der Waals surface area contributed by atoms with Gasteiger partial charge in [0.25, 0.3) is 0 Å². The Bertz CT molecular complexity index is 1560. The van der Waals surface area contributed by atoms with Crippen LogP contribution in [0.2, 0.25) is 0 Å². The number of aliphatic imine (C=N–C) groups is 1. The van der Waals surface area contributed by atoms with Gasteiger partial charge >= 0.3 is 6.09 Å². The van der Waals surface area contributed by atoms with Crippen molar-refractivity contribution in [2.24, 2.45) is 10.9 Å². The minimum Gasteiger partial charge on any atom is -0.450 e. The van der Waals surface area contributed by atoms with Gasteiger partial charge in [-0.25, -0.2) is 14.6 Å². The highest BCUT2D eigenvalue weighted by Crippen LogP contribution is 2.44. The minimum absolute atomic E-state index is 0.326. The fourth-order valence-corrected chi connectivity index (χ4v) is 7.43. The number of carbonyl (C=O) groups is 1. The standard InChI is InChI=1S/C45H63N3O3/c1-4-7-9-10-14-24-34-45(35-25-15-11-12-16-26-36-46-38-49,48-42-32-22-20-30-40(42)41-31-21-23-33-43(41)48)39(28-18-8-5-2)29-19-13-17-27-37-47-44(50)51-6-3/h20-23,30-33,39H,4-9,11-13,15-19,25-29,35-37H2,1-3H3,(H,47,50). The topological polar surface area (TPSA) is 72.7 Å². The molecule has 6 heteroatoms. The highest BCUT2D eigenvalue weighted by atomic mass is 16.5. The number of benzene rings is 2. The van der Waals surface area contributed by atoms with Gasteiger partial charge < -0.3 is 14.6 Å². The molecule has 2 aromatic carbocycles. The average Bonchev–Trinajstić information content (AvgIpc) is 3.49. The summed E-state index contributed by atoms with van der Waals surface area (Å²) in [6.45, 7) is 7.95. The number of alkyl carbamates (subject to hydrolysis) is 1. The van der Waals surface area contributed by atoms with E-state index in [0.717, 1.165) is 96.3 Å². The van der Waals surface area contributed by atoms with Crippen molar-refractivity contribution >= 4 is 34.0 Å². The number of nitrogens with one attached hydrogen (secondary N) is 1. The lowest BCUT2D eigenvalue weighted by Crippen LogP contribution is -2.40. The van der Waals surface area contributed by atoms with E-state index in [9.17, 15) is 9.59 Å². The number of para-hydroxylation sites is 2. The molecular weight excluding hydrogens is 631 g/mol. The molecule has 3 aromatic rings. The monoisotopic (exact) mass is 693 g/mol. The van der Waals surface area contributed by atoms with Crippen molar-refractivity contribution in [2.45, 2.75) is 148 Å². The summed E-state index contributed by atoms with van der Waals surface area (Å²) in [5, 5.41) is 5.44. The van der Waals surface area contributed by atoms with Crippen LogP contribution < -0.4 is 5.32 Å². The first-order valence-electron chi connectivity index (χ1n) is 20.1. The zero-order chi connectivity index (χ0) is 36.4. The molecule has 1 aromatic heterocycles. The fourth-order valence-electron chi connectivity index (χ4n) is 7.43. The summed E-state index contributed by atoms with van der Waals surface area (Å²) in [5.41, 5.74) is 2.11. The summed E-state index contributed by atoms with van der Waals surface area (Å²) in [7, 11) is 0. The quantitative estimate of drug-likeness (QED) is 0.0415. The number of ether oxygens (including phenoxy) is 1. The number of nitrogens with zero attached hydrogens (tertiary/aromatic N) is 2. The van der Waals surface area contributed by atoms with Crippen LogP contribution >= 0.6 is 0 Å². The first-order valence-corrected chi connectivity index (χ1v) is 20.1. The van der Waals surface area contributed by atoms with Crippen molar-refractivity contribution in [3.05, 3.63) is 48.5 Å². The lowest BCUT2D eigenvalue weighted by atomic mass is 9.74. The van der Waals surface area contributed by atoms with Gasteiger partial charge in [-0.15, -0.1) is 0 Å². The molecule has 0 aliphatic rings. The smallest absolute Gasteiger partial charge is 0.407 e. The third kappa shape index (κ3) is 13.6. The largest absolute Gasteiger partial charge is 0.450 e. The van der Waals surface area contributed by atoms with Gasteiger partial charge in [0.1, 0.15) is 5.54 Å². The van der Waals surface area contributed by atoms with Gasteiger partial charge in [0.05, 0.1) is 24.2 Å². The summed E-state index contributed by atoms with van der Waals surface area (Å²) < 4.78 is 7.66. The van der Waals surface area contributed by atoms with Gasteiger partial charge in [-0.2, -0.15) is 0 Å². The first-order chi connectivity index (χ1) is 25.1. The fraction of sp³-hybridized carbons (Fsp3) is 0.600. The highest BCUT2D eigenvalue weighted by molar-refractivity contribution is 6.08. The molecule has 2 unspecified atom stereocenters. The Kier molecular flexibility index (Phi) is 20.3. The van der Waals surface area contributed by atoms with Crippen LogP contribution in [0.5, 0.6) is 0 Å². The summed E-state index contributed by atoms with van der Waals surface area (Å²) in [6.07, 6.45) is 22.1.